The Morgan fingerprint density at radius 1 is 1.27 bits per heavy atom. The molecule has 0 radical (unpaired) electrons. The van der Waals surface area contributed by atoms with Gasteiger partial charge in [0.25, 0.3) is 0 Å². The molecule has 3 heteroatoms. The van der Waals surface area contributed by atoms with E-state index in [1.807, 2.05) is 62.0 Å². The number of allylic oxidation sites excluding steroid dienone is 1. The summed E-state index contributed by atoms with van der Waals surface area (Å²) in [6.45, 7) is 9.44. The number of hydrogen-bond donors (Lipinski definition) is 0. The molecule has 1 aromatic carbocycles. The van der Waals surface area contributed by atoms with Crippen LogP contribution in [0.5, 0.6) is 0 Å². The van der Waals surface area contributed by atoms with Crippen molar-refractivity contribution >= 4 is 5.97 Å². The number of nitrogens with zero attached hydrogens (tertiary/aromatic N) is 1. The molecule has 0 aliphatic heterocycles. The number of carbonyl (C=O) groups is 1. The number of esters is 1. The van der Waals surface area contributed by atoms with Crippen molar-refractivity contribution in [2.45, 2.75) is 38.8 Å². The smallest absolute Gasteiger partial charge is 0.340 e. The highest BCUT2D eigenvalue weighted by Gasteiger charge is 2.20. The van der Waals surface area contributed by atoms with Gasteiger partial charge in [0.2, 0.25) is 0 Å². The highest BCUT2D eigenvalue weighted by atomic mass is 16.6. The third kappa shape index (κ3) is 4.10. The Balaban J connectivity index is 2.24. The normalized spacial score (nSPS) is 12.7. The van der Waals surface area contributed by atoms with Crippen LogP contribution in [0.1, 0.15) is 49.2 Å². The number of hydrogen-bond acceptors (Lipinski definition) is 2. The van der Waals surface area contributed by atoms with Crippen molar-refractivity contribution in [1.82, 2.24) is 4.57 Å². The van der Waals surface area contributed by atoms with Crippen molar-refractivity contribution in [3.8, 4) is 0 Å². The van der Waals surface area contributed by atoms with Gasteiger partial charge in [0.1, 0.15) is 5.60 Å². The fourth-order valence-corrected chi connectivity index (χ4v) is 2.33. The maximum Gasteiger partial charge on any atom is 0.340 e. The van der Waals surface area contributed by atoms with Gasteiger partial charge in [0.15, 0.2) is 0 Å². The topological polar surface area (TPSA) is 31.2 Å². The van der Waals surface area contributed by atoms with Gasteiger partial charge in [-0.25, -0.2) is 4.79 Å². The van der Waals surface area contributed by atoms with Crippen LogP contribution in [0.25, 0.3) is 0 Å². The fraction of sp³-hybridized carbons (Fsp3) is 0.316. The van der Waals surface area contributed by atoms with E-state index < -0.39 is 5.60 Å². The van der Waals surface area contributed by atoms with E-state index >= 15 is 0 Å². The van der Waals surface area contributed by atoms with Gasteiger partial charge < -0.3 is 9.30 Å². The maximum absolute atomic E-state index is 12.1. The lowest BCUT2D eigenvalue weighted by atomic mass is 10.0. The minimum Gasteiger partial charge on any atom is -0.456 e. The quantitative estimate of drug-likeness (QED) is 0.596. The SMILES string of the molecule is C=CCC(c1ccccc1)n1ccc(C(=O)OC(C)(C)C)c1. The Kier molecular flexibility index (Phi) is 4.86. The molecule has 0 fully saturated rings. The Morgan fingerprint density at radius 2 is 1.95 bits per heavy atom. The molecule has 0 amide bonds. The first-order chi connectivity index (χ1) is 10.4. The molecule has 0 aliphatic carbocycles. The number of aromatic nitrogens is 1. The van der Waals surface area contributed by atoms with Crippen LogP contribution in [0, 0.1) is 0 Å². The summed E-state index contributed by atoms with van der Waals surface area (Å²) in [4.78, 5) is 12.1. The lowest BCUT2D eigenvalue weighted by Gasteiger charge is -2.19. The second-order valence-electron chi connectivity index (χ2n) is 6.30. The van der Waals surface area contributed by atoms with E-state index in [-0.39, 0.29) is 12.0 Å². The molecule has 0 N–H and O–H groups in total. The van der Waals surface area contributed by atoms with Gasteiger partial charge in [0.05, 0.1) is 11.6 Å². The summed E-state index contributed by atoms with van der Waals surface area (Å²) in [5, 5.41) is 0. The largest absolute Gasteiger partial charge is 0.456 e. The first-order valence-electron chi connectivity index (χ1n) is 7.47. The maximum atomic E-state index is 12.1. The molecule has 1 heterocycles. The summed E-state index contributed by atoms with van der Waals surface area (Å²) in [5.41, 5.74) is 1.27. The molecule has 0 saturated heterocycles. The first kappa shape index (κ1) is 16.1. The molecule has 0 bridgehead atoms. The molecule has 1 unspecified atom stereocenters. The van der Waals surface area contributed by atoms with E-state index in [9.17, 15) is 4.79 Å². The molecule has 3 nitrogen and oxygen atoms in total. The van der Waals surface area contributed by atoms with Crippen LogP contribution in [-0.4, -0.2) is 16.1 Å². The van der Waals surface area contributed by atoms with Gasteiger partial charge in [-0.15, -0.1) is 6.58 Å². The second-order valence-corrected chi connectivity index (χ2v) is 6.30. The van der Waals surface area contributed by atoms with Gasteiger partial charge >= 0.3 is 5.97 Å². The number of benzene rings is 1. The molecule has 2 rings (SSSR count). The minimum absolute atomic E-state index is 0.134. The van der Waals surface area contributed by atoms with Gasteiger partial charge in [-0.3, -0.25) is 0 Å². The summed E-state index contributed by atoms with van der Waals surface area (Å²) in [7, 11) is 0. The predicted molar refractivity (Wildman–Crippen MR) is 89.0 cm³/mol. The van der Waals surface area contributed by atoms with Crippen molar-refractivity contribution in [3.63, 3.8) is 0 Å². The van der Waals surface area contributed by atoms with Crippen molar-refractivity contribution in [2.75, 3.05) is 0 Å². The lowest BCUT2D eigenvalue weighted by molar-refractivity contribution is 0.00695. The summed E-state index contributed by atoms with van der Waals surface area (Å²) in [6.07, 6.45) is 6.45. The van der Waals surface area contributed by atoms with E-state index in [4.69, 9.17) is 4.74 Å². The molecule has 22 heavy (non-hydrogen) atoms. The van der Waals surface area contributed by atoms with Crippen molar-refractivity contribution < 1.29 is 9.53 Å². The predicted octanol–water partition coefficient (Wildman–Crippen LogP) is 4.61. The number of ether oxygens (including phenoxy) is 1. The molecular formula is C19H23NO2. The Labute approximate surface area is 132 Å². The van der Waals surface area contributed by atoms with Crippen LogP contribution < -0.4 is 0 Å². The minimum atomic E-state index is -0.487. The molecule has 1 atom stereocenters. The summed E-state index contributed by atoms with van der Waals surface area (Å²) < 4.78 is 7.45. The second kappa shape index (κ2) is 6.65. The summed E-state index contributed by atoms with van der Waals surface area (Å²) in [5.74, 6) is -0.295. The standard InChI is InChI=1S/C19H23NO2/c1-5-9-17(15-10-7-6-8-11-15)20-13-12-16(14-20)18(21)22-19(2,3)4/h5-8,10-14,17H,1,9H2,2-4H3. The third-order valence-corrected chi connectivity index (χ3v) is 3.28. The zero-order chi connectivity index (χ0) is 16.2. The van der Waals surface area contributed by atoms with Gasteiger partial charge in [-0.1, -0.05) is 36.4 Å². The monoisotopic (exact) mass is 297 g/mol. The van der Waals surface area contributed by atoms with E-state index in [0.717, 1.165) is 6.42 Å². The third-order valence-electron chi connectivity index (χ3n) is 3.28. The molecule has 0 spiro atoms. The van der Waals surface area contributed by atoms with Crippen LogP contribution >= 0.6 is 0 Å². The average molecular weight is 297 g/mol. The van der Waals surface area contributed by atoms with Gasteiger partial charge in [-0.2, -0.15) is 0 Å². The van der Waals surface area contributed by atoms with Crippen LogP contribution in [0.3, 0.4) is 0 Å². The summed E-state index contributed by atoms with van der Waals surface area (Å²) >= 11 is 0. The Morgan fingerprint density at radius 3 is 2.55 bits per heavy atom. The molecule has 116 valence electrons. The van der Waals surface area contributed by atoms with Crippen LogP contribution in [0.2, 0.25) is 0 Å². The van der Waals surface area contributed by atoms with Gasteiger partial charge in [0, 0.05) is 12.4 Å². The molecule has 0 saturated carbocycles. The van der Waals surface area contributed by atoms with Crippen molar-refractivity contribution in [2.24, 2.45) is 0 Å². The van der Waals surface area contributed by atoms with Crippen LogP contribution in [-0.2, 0) is 4.74 Å². The van der Waals surface area contributed by atoms with Crippen LogP contribution in [0.15, 0.2) is 61.4 Å². The average Bonchev–Trinajstić information content (AvgIpc) is 2.93. The number of carbonyl (C=O) groups excluding carboxylic acids is 1. The highest BCUT2D eigenvalue weighted by Crippen LogP contribution is 2.24. The van der Waals surface area contributed by atoms with E-state index in [2.05, 4.69) is 18.7 Å². The Hall–Kier alpha value is -2.29. The highest BCUT2D eigenvalue weighted by molar-refractivity contribution is 5.89. The zero-order valence-corrected chi connectivity index (χ0v) is 13.5. The van der Waals surface area contributed by atoms with E-state index in [1.165, 1.54) is 5.56 Å². The first-order valence-corrected chi connectivity index (χ1v) is 7.47. The van der Waals surface area contributed by atoms with Crippen molar-refractivity contribution in [1.29, 1.82) is 0 Å². The van der Waals surface area contributed by atoms with E-state index in [1.54, 1.807) is 6.07 Å². The molecule has 1 aromatic heterocycles. The summed E-state index contributed by atoms with van der Waals surface area (Å²) in [6, 6.07) is 12.1. The zero-order valence-electron chi connectivity index (χ0n) is 13.5. The lowest BCUT2D eigenvalue weighted by Crippen LogP contribution is -2.23. The fourth-order valence-electron chi connectivity index (χ4n) is 2.33. The molecular weight excluding hydrogens is 274 g/mol. The Bertz CT molecular complexity index is 635. The van der Waals surface area contributed by atoms with Crippen molar-refractivity contribution in [3.05, 3.63) is 72.6 Å². The van der Waals surface area contributed by atoms with Crippen LogP contribution in [0.4, 0.5) is 0 Å². The van der Waals surface area contributed by atoms with E-state index in [0.29, 0.717) is 5.56 Å². The molecule has 2 aromatic rings. The number of rotatable bonds is 5. The molecule has 0 aliphatic rings. The van der Waals surface area contributed by atoms with Gasteiger partial charge in [-0.05, 0) is 38.8 Å².